The summed E-state index contributed by atoms with van der Waals surface area (Å²) in [7, 11) is 0. The van der Waals surface area contributed by atoms with Crippen LogP contribution in [0.15, 0.2) is 45.8 Å². The highest BCUT2D eigenvalue weighted by Gasteiger charge is 2.16. The maximum atomic E-state index is 5.40. The Morgan fingerprint density at radius 1 is 1.15 bits per heavy atom. The van der Waals surface area contributed by atoms with E-state index in [1.54, 1.807) is 11.8 Å². The van der Waals surface area contributed by atoms with E-state index in [2.05, 4.69) is 51.8 Å². The van der Waals surface area contributed by atoms with E-state index in [4.69, 9.17) is 9.47 Å². The molecule has 0 spiro atoms. The number of ether oxygens (including phenoxy) is 2. The van der Waals surface area contributed by atoms with E-state index in [0.717, 1.165) is 33.8 Å². The summed E-state index contributed by atoms with van der Waals surface area (Å²) >= 11 is 5.31. The van der Waals surface area contributed by atoms with Crippen molar-refractivity contribution < 1.29 is 9.47 Å². The Hall–Kier alpha value is -1.33. The molecule has 1 N–H and O–H groups in total. The van der Waals surface area contributed by atoms with E-state index in [1.807, 2.05) is 12.1 Å². The number of nitrogens with one attached hydrogen (secondary N) is 1. The number of anilines is 1. The summed E-state index contributed by atoms with van der Waals surface area (Å²) in [6.45, 7) is 1.03. The second kappa shape index (κ2) is 5.97. The standard InChI is InChI=1S/C15H14BrNO2S/c1-20-12-4-2-11(3-5-12)17-8-10-6-14-15(7-13(10)16)19-9-18-14/h2-7,17H,8-9H2,1H3. The van der Waals surface area contributed by atoms with Crippen LogP contribution in [0.4, 0.5) is 5.69 Å². The van der Waals surface area contributed by atoms with Crippen LogP contribution < -0.4 is 14.8 Å². The molecule has 5 heteroatoms. The summed E-state index contributed by atoms with van der Waals surface area (Å²) < 4.78 is 11.8. The molecule has 0 bridgehead atoms. The lowest BCUT2D eigenvalue weighted by Gasteiger charge is -2.10. The predicted molar refractivity (Wildman–Crippen MR) is 85.8 cm³/mol. The molecule has 1 aliphatic heterocycles. The first kappa shape index (κ1) is 13.6. The van der Waals surface area contributed by atoms with Crippen LogP contribution in [-0.4, -0.2) is 13.0 Å². The maximum Gasteiger partial charge on any atom is 0.231 e. The molecule has 0 amide bonds. The molecular formula is C15H14BrNO2S. The van der Waals surface area contributed by atoms with Crippen LogP contribution >= 0.6 is 27.7 Å². The summed E-state index contributed by atoms with van der Waals surface area (Å²) in [5.74, 6) is 1.60. The zero-order valence-corrected chi connectivity index (χ0v) is 13.4. The first-order valence-electron chi connectivity index (χ1n) is 6.22. The molecule has 0 aromatic heterocycles. The number of halogens is 1. The Bertz CT molecular complexity index is 616. The first-order valence-corrected chi connectivity index (χ1v) is 8.24. The summed E-state index contributed by atoms with van der Waals surface area (Å²) in [6.07, 6.45) is 2.08. The van der Waals surface area contributed by atoms with Crippen molar-refractivity contribution in [3.8, 4) is 11.5 Å². The van der Waals surface area contributed by atoms with Crippen molar-refractivity contribution >= 4 is 33.4 Å². The Morgan fingerprint density at radius 2 is 1.85 bits per heavy atom. The fourth-order valence-electron chi connectivity index (χ4n) is 2.00. The molecule has 2 aromatic rings. The third-order valence-electron chi connectivity index (χ3n) is 3.11. The molecule has 0 atom stereocenters. The average Bonchev–Trinajstić information content (AvgIpc) is 2.92. The van der Waals surface area contributed by atoms with Crippen LogP contribution in [0.1, 0.15) is 5.56 Å². The molecule has 0 radical (unpaired) electrons. The summed E-state index contributed by atoms with van der Waals surface area (Å²) in [5, 5.41) is 3.41. The number of thioether (sulfide) groups is 1. The van der Waals surface area contributed by atoms with Gasteiger partial charge in [0.2, 0.25) is 6.79 Å². The second-order valence-electron chi connectivity index (χ2n) is 4.38. The smallest absolute Gasteiger partial charge is 0.231 e. The van der Waals surface area contributed by atoms with Crippen molar-refractivity contribution in [1.29, 1.82) is 0 Å². The van der Waals surface area contributed by atoms with Gasteiger partial charge in [0.1, 0.15) is 0 Å². The van der Waals surface area contributed by atoms with Crippen molar-refractivity contribution in [2.45, 2.75) is 11.4 Å². The molecule has 0 saturated heterocycles. The Labute approximate surface area is 130 Å². The average molecular weight is 352 g/mol. The van der Waals surface area contributed by atoms with Gasteiger partial charge in [-0.05, 0) is 48.2 Å². The highest BCUT2D eigenvalue weighted by Crippen LogP contribution is 2.37. The molecular weight excluding hydrogens is 338 g/mol. The van der Waals surface area contributed by atoms with Crippen molar-refractivity contribution in [1.82, 2.24) is 0 Å². The molecule has 3 nitrogen and oxygen atoms in total. The summed E-state index contributed by atoms with van der Waals surface area (Å²) in [6, 6.07) is 12.4. The van der Waals surface area contributed by atoms with Crippen LogP contribution in [0.5, 0.6) is 11.5 Å². The quantitative estimate of drug-likeness (QED) is 0.820. The SMILES string of the molecule is CSc1ccc(NCc2cc3c(cc2Br)OCO3)cc1. The Kier molecular flexibility index (Phi) is 4.08. The van der Waals surface area contributed by atoms with Gasteiger partial charge in [-0.2, -0.15) is 0 Å². The van der Waals surface area contributed by atoms with E-state index >= 15 is 0 Å². The van der Waals surface area contributed by atoms with E-state index in [0.29, 0.717) is 6.79 Å². The van der Waals surface area contributed by atoms with Crippen molar-refractivity contribution in [3.05, 3.63) is 46.4 Å². The van der Waals surface area contributed by atoms with E-state index in [1.165, 1.54) is 4.90 Å². The predicted octanol–water partition coefficient (Wildman–Crippen LogP) is 4.51. The van der Waals surface area contributed by atoms with Gasteiger partial charge in [-0.25, -0.2) is 0 Å². The molecule has 0 aliphatic carbocycles. The molecule has 0 fully saturated rings. The lowest BCUT2D eigenvalue weighted by Crippen LogP contribution is -2.00. The second-order valence-corrected chi connectivity index (χ2v) is 6.11. The number of benzene rings is 2. The zero-order valence-electron chi connectivity index (χ0n) is 11.0. The van der Waals surface area contributed by atoms with Crippen LogP contribution in [-0.2, 0) is 6.54 Å². The molecule has 1 aliphatic rings. The van der Waals surface area contributed by atoms with Crippen LogP contribution in [0.3, 0.4) is 0 Å². The van der Waals surface area contributed by atoms with Crippen molar-refractivity contribution in [2.24, 2.45) is 0 Å². The molecule has 3 rings (SSSR count). The highest BCUT2D eigenvalue weighted by atomic mass is 79.9. The van der Waals surface area contributed by atoms with Crippen LogP contribution in [0.2, 0.25) is 0 Å². The monoisotopic (exact) mass is 351 g/mol. The minimum absolute atomic E-state index is 0.300. The third kappa shape index (κ3) is 2.88. The van der Waals surface area contributed by atoms with Gasteiger partial charge in [0.05, 0.1) is 0 Å². The van der Waals surface area contributed by atoms with E-state index in [9.17, 15) is 0 Å². The van der Waals surface area contributed by atoms with Gasteiger partial charge in [0.15, 0.2) is 11.5 Å². The van der Waals surface area contributed by atoms with Crippen molar-refractivity contribution in [3.63, 3.8) is 0 Å². The molecule has 1 heterocycles. The molecule has 0 unspecified atom stereocenters. The molecule has 2 aromatic carbocycles. The highest BCUT2D eigenvalue weighted by molar-refractivity contribution is 9.10. The molecule has 104 valence electrons. The third-order valence-corrected chi connectivity index (χ3v) is 4.60. The van der Waals surface area contributed by atoms with Crippen LogP contribution in [0.25, 0.3) is 0 Å². The lowest BCUT2D eigenvalue weighted by molar-refractivity contribution is 0.174. The largest absolute Gasteiger partial charge is 0.454 e. The summed E-state index contributed by atoms with van der Waals surface area (Å²) in [5.41, 5.74) is 2.25. The van der Waals surface area contributed by atoms with Gasteiger partial charge < -0.3 is 14.8 Å². The van der Waals surface area contributed by atoms with Gasteiger partial charge in [-0.15, -0.1) is 11.8 Å². The van der Waals surface area contributed by atoms with Crippen LogP contribution in [0, 0.1) is 0 Å². The maximum absolute atomic E-state index is 5.40. The van der Waals surface area contributed by atoms with E-state index in [-0.39, 0.29) is 0 Å². The number of hydrogen-bond donors (Lipinski definition) is 1. The normalized spacial score (nSPS) is 12.5. The first-order chi connectivity index (χ1) is 9.76. The minimum Gasteiger partial charge on any atom is -0.454 e. The Morgan fingerprint density at radius 3 is 2.55 bits per heavy atom. The Balaban J connectivity index is 1.71. The molecule has 0 saturated carbocycles. The topological polar surface area (TPSA) is 30.5 Å². The number of fused-ring (bicyclic) bond motifs is 1. The fraction of sp³-hybridized carbons (Fsp3) is 0.200. The number of rotatable bonds is 4. The minimum atomic E-state index is 0.300. The van der Waals surface area contributed by atoms with Crippen molar-refractivity contribution in [2.75, 3.05) is 18.4 Å². The zero-order chi connectivity index (χ0) is 13.9. The van der Waals surface area contributed by atoms with Gasteiger partial charge in [-0.3, -0.25) is 0 Å². The van der Waals surface area contributed by atoms with Gasteiger partial charge in [0, 0.05) is 21.6 Å². The van der Waals surface area contributed by atoms with E-state index < -0.39 is 0 Å². The van der Waals surface area contributed by atoms with Gasteiger partial charge in [-0.1, -0.05) is 15.9 Å². The summed E-state index contributed by atoms with van der Waals surface area (Å²) in [4.78, 5) is 1.26. The van der Waals surface area contributed by atoms with Gasteiger partial charge >= 0.3 is 0 Å². The number of hydrogen-bond acceptors (Lipinski definition) is 4. The fourth-order valence-corrected chi connectivity index (χ4v) is 2.87. The van der Waals surface area contributed by atoms with Gasteiger partial charge in [0.25, 0.3) is 0 Å². The lowest BCUT2D eigenvalue weighted by atomic mass is 10.2. The molecule has 20 heavy (non-hydrogen) atoms.